The quantitative estimate of drug-likeness (QED) is 0.856. The molecule has 0 bridgehead atoms. The van der Waals surface area contributed by atoms with Crippen LogP contribution in [0.2, 0.25) is 5.02 Å². The lowest BCUT2D eigenvalue weighted by atomic mass is 9.96. The van der Waals surface area contributed by atoms with Crippen LogP contribution >= 0.6 is 11.6 Å². The summed E-state index contributed by atoms with van der Waals surface area (Å²) in [6.45, 7) is 3.90. The molecule has 1 rings (SSSR count). The van der Waals surface area contributed by atoms with E-state index in [-0.39, 0.29) is 17.7 Å². The standard InChI is InChI=1S/C12H16ClNO/c1-8(2)12(14)11(15)7-9-3-5-10(13)6-4-9/h3-6,8,12H,7,14H2,1-2H3. The van der Waals surface area contributed by atoms with E-state index in [1.165, 1.54) is 0 Å². The zero-order valence-corrected chi connectivity index (χ0v) is 9.79. The predicted molar refractivity (Wildman–Crippen MR) is 63.0 cm³/mol. The molecule has 0 fully saturated rings. The summed E-state index contributed by atoms with van der Waals surface area (Å²) in [5.41, 5.74) is 6.72. The summed E-state index contributed by atoms with van der Waals surface area (Å²) < 4.78 is 0. The zero-order valence-electron chi connectivity index (χ0n) is 9.03. The third kappa shape index (κ3) is 3.65. The first-order valence-corrected chi connectivity index (χ1v) is 5.41. The summed E-state index contributed by atoms with van der Waals surface area (Å²) in [5, 5.41) is 0.680. The van der Waals surface area contributed by atoms with Crippen molar-refractivity contribution in [3.63, 3.8) is 0 Å². The Labute approximate surface area is 95.4 Å². The summed E-state index contributed by atoms with van der Waals surface area (Å²) in [6.07, 6.45) is 0.385. The monoisotopic (exact) mass is 225 g/mol. The molecule has 2 N–H and O–H groups in total. The number of rotatable bonds is 4. The van der Waals surface area contributed by atoms with Crippen molar-refractivity contribution in [1.29, 1.82) is 0 Å². The van der Waals surface area contributed by atoms with Crippen molar-refractivity contribution in [3.05, 3.63) is 34.9 Å². The predicted octanol–water partition coefficient (Wildman–Crippen LogP) is 2.43. The molecule has 0 amide bonds. The molecule has 2 nitrogen and oxygen atoms in total. The number of Topliss-reactive ketones (excluding diaryl/α,β-unsaturated/α-hetero) is 1. The third-order valence-electron chi connectivity index (χ3n) is 2.38. The van der Waals surface area contributed by atoms with Crippen molar-refractivity contribution in [1.82, 2.24) is 0 Å². The molecule has 0 saturated carbocycles. The second-order valence-electron chi connectivity index (χ2n) is 4.04. The lowest BCUT2D eigenvalue weighted by molar-refractivity contribution is -0.120. The summed E-state index contributed by atoms with van der Waals surface area (Å²) in [7, 11) is 0. The first kappa shape index (κ1) is 12.2. The first-order valence-electron chi connectivity index (χ1n) is 5.03. The average molecular weight is 226 g/mol. The van der Waals surface area contributed by atoms with Gasteiger partial charge in [-0.25, -0.2) is 0 Å². The van der Waals surface area contributed by atoms with Crippen LogP contribution in [0.1, 0.15) is 19.4 Å². The summed E-state index contributed by atoms with van der Waals surface area (Å²) in [6, 6.07) is 6.90. The fraction of sp³-hybridized carbons (Fsp3) is 0.417. The van der Waals surface area contributed by atoms with Crippen molar-refractivity contribution < 1.29 is 4.79 Å². The zero-order chi connectivity index (χ0) is 11.4. The Hall–Kier alpha value is -0.860. The van der Waals surface area contributed by atoms with Gasteiger partial charge in [0.2, 0.25) is 0 Å². The Morgan fingerprint density at radius 2 is 1.87 bits per heavy atom. The molecule has 0 aliphatic rings. The van der Waals surface area contributed by atoms with E-state index in [4.69, 9.17) is 17.3 Å². The largest absolute Gasteiger partial charge is 0.321 e. The molecular weight excluding hydrogens is 210 g/mol. The second-order valence-corrected chi connectivity index (χ2v) is 4.48. The maximum Gasteiger partial charge on any atom is 0.154 e. The molecule has 0 aliphatic carbocycles. The van der Waals surface area contributed by atoms with Gasteiger partial charge in [-0.2, -0.15) is 0 Å². The van der Waals surface area contributed by atoms with Gasteiger partial charge in [-0.3, -0.25) is 4.79 Å². The fourth-order valence-electron chi connectivity index (χ4n) is 1.29. The van der Waals surface area contributed by atoms with Gasteiger partial charge in [-0.1, -0.05) is 37.6 Å². The molecule has 1 unspecified atom stereocenters. The molecule has 1 atom stereocenters. The number of carbonyl (C=O) groups excluding carboxylic acids is 1. The fourth-order valence-corrected chi connectivity index (χ4v) is 1.42. The molecule has 0 radical (unpaired) electrons. The Morgan fingerprint density at radius 3 is 2.33 bits per heavy atom. The molecule has 82 valence electrons. The van der Waals surface area contributed by atoms with Crippen molar-refractivity contribution in [2.24, 2.45) is 11.7 Å². The summed E-state index contributed by atoms with van der Waals surface area (Å²) >= 11 is 5.75. The van der Waals surface area contributed by atoms with Crippen molar-refractivity contribution in [2.75, 3.05) is 0 Å². The Balaban J connectivity index is 2.62. The van der Waals surface area contributed by atoms with E-state index in [1.807, 2.05) is 26.0 Å². The van der Waals surface area contributed by atoms with E-state index < -0.39 is 0 Å². The normalized spacial score (nSPS) is 12.9. The molecule has 3 heteroatoms. The molecule has 0 saturated heterocycles. The number of hydrogen-bond donors (Lipinski definition) is 1. The van der Waals surface area contributed by atoms with Gasteiger partial charge >= 0.3 is 0 Å². The van der Waals surface area contributed by atoms with E-state index in [1.54, 1.807) is 12.1 Å². The highest BCUT2D eigenvalue weighted by Crippen LogP contribution is 2.11. The second kappa shape index (κ2) is 5.29. The smallest absolute Gasteiger partial charge is 0.154 e. The van der Waals surface area contributed by atoms with E-state index in [2.05, 4.69) is 0 Å². The Kier molecular flexibility index (Phi) is 4.30. The van der Waals surface area contributed by atoms with Crippen molar-refractivity contribution in [2.45, 2.75) is 26.3 Å². The number of halogens is 1. The average Bonchev–Trinajstić information content (AvgIpc) is 2.20. The lowest BCUT2D eigenvalue weighted by Crippen LogP contribution is -2.36. The van der Waals surface area contributed by atoms with Crippen LogP contribution in [-0.2, 0) is 11.2 Å². The van der Waals surface area contributed by atoms with Gasteiger partial charge in [0.15, 0.2) is 5.78 Å². The lowest BCUT2D eigenvalue weighted by Gasteiger charge is -2.13. The molecule has 0 aliphatic heterocycles. The van der Waals surface area contributed by atoms with Crippen LogP contribution in [0.3, 0.4) is 0 Å². The highest BCUT2D eigenvalue weighted by molar-refractivity contribution is 6.30. The van der Waals surface area contributed by atoms with Gasteiger partial charge in [-0.15, -0.1) is 0 Å². The highest BCUT2D eigenvalue weighted by Gasteiger charge is 2.16. The molecule has 1 aromatic carbocycles. The van der Waals surface area contributed by atoms with E-state index in [0.29, 0.717) is 11.4 Å². The van der Waals surface area contributed by atoms with E-state index in [9.17, 15) is 4.79 Å². The minimum Gasteiger partial charge on any atom is -0.321 e. The molecule has 0 heterocycles. The topological polar surface area (TPSA) is 43.1 Å². The number of benzene rings is 1. The van der Waals surface area contributed by atoms with Crippen LogP contribution in [0.15, 0.2) is 24.3 Å². The molecule has 0 aromatic heterocycles. The van der Waals surface area contributed by atoms with Crippen LogP contribution in [-0.4, -0.2) is 11.8 Å². The van der Waals surface area contributed by atoms with Gasteiger partial charge in [-0.05, 0) is 23.6 Å². The maximum absolute atomic E-state index is 11.7. The molecular formula is C12H16ClNO. The van der Waals surface area contributed by atoms with Crippen LogP contribution < -0.4 is 5.73 Å². The summed E-state index contributed by atoms with van der Waals surface area (Å²) in [4.78, 5) is 11.7. The van der Waals surface area contributed by atoms with Crippen molar-refractivity contribution in [3.8, 4) is 0 Å². The van der Waals surface area contributed by atoms with Gasteiger partial charge < -0.3 is 5.73 Å². The molecule has 1 aromatic rings. The van der Waals surface area contributed by atoms with E-state index >= 15 is 0 Å². The van der Waals surface area contributed by atoms with Crippen LogP contribution in [0.5, 0.6) is 0 Å². The Bertz CT molecular complexity index is 332. The van der Waals surface area contributed by atoms with Gasteiger partial charge in [0.05, 0.1) is 6.04 Å². The number of ketones is 1. The maximum atomic E-state index is 11.7. The number of hydrogen-bond acceptors (Lipinski definition) is 2. The number of nitrogens with two attached hydrogens (primary N) is 1. The third-order valence-corrected chi connectivity index (χ3v) is 2.63. The van der Waals surface area contributed by atoms with Crippen LogP contribution in [0.25, 0.3) is 0 Å². The van der Waals surface area contributed by atoms with Gasteiger partial charge in [0.1, 0.15) is 0 Å². The van der Waals surface area contributed by atoms with Crippen molar-refractivity contribution >= 4 is 17.4 Å². The summed E-state index contributed by atoms with van der Waals surface area (Å²) in [5.74, 6) is 0.261. The highest BCUT2D eigenvalue weighted by atomic mass is 35.5. The van der Waals surface area contributed by atoms with E-state index in [0.717, 1.165) is 5.56 Å². The minimum atomic E-state index is -0.374. The Morgan fingerprint density at radius 1 is 1.33 bits per heavy atom. The van der Waals surface area contributed by atoms with Gasteiger partial charge in [0.25, 0.3) is 0 Å². The first-order chi connectivity index (χ1) is 7.00. The van der Waals surface area contributed by atoms with Crippen LogP contribution in [0.4, 0.5) is 0 Å². The van der Waals surface area contributed by atoms with Gasteiger partial charge in [0, 0.05) is 11.4 Å². The molecule has 0 spiro atoms. The SMILES string of the molecule is CC(C)C(N)C(=O)Cc1ccc(Cl)cc1. The number of carbonyl (C=O) groups is 1. The molecule has 15 heavy (non-hydrogen) atoms. The van der Waals surface area contributed by atoms with Crippen LogP contribution in [0, 0.1) is 5.92 Å². The minimum absolute atomic E-state index is 0.0762.